The quantitative estimate of drug-likeness (QED) is 0.525. The van der Waals surface area contributed by atoms with Gasteiger partial charge in [0, 0.05) is 17.6 Å². The van der Waals surface area contributed by atoms with Crippen molar-refractivity contribution in [2.45, 2.75) is 30.3 Å². The van der Waals surface area contributed by atoms with Crippen molar-refractivity contribution in [3.05, 3.63) is 72.6 Å². The summed E-state index contributed by atoms with van der Waals surface area (Å²) in [5, 5.41) is 7.09. The maximum Gasteiger partial charge on any atom is 0.244 e. The number of carbonyl (C=O) groups excluding carboxylic acids is 2. The van der Waals surface area contributed by atoms with Crippen LogP contribution < -0.4 is 10.1 Å². The molecule has 1 aromatic heterocycles. The second kappa shape index (κ2) is 10.4. The molecule has 0 saturated carbocycles. The summed E-state index contributed by atoms with van der Waals surface area (Å²) in [4.78, 5) is 28.2. The minimum atomic E-state index is -0.109. The van der Waals surface area contributed by atoms with Gasteiger partial charge in [0.15, 0.2) is 0 Å². The van der Waals surface area contributed by atoms with Gasteiger partial charge in [0.05, 0.1) is 30.8 Å². The number of nitrogens with zero attached hydrogens (tertiary/aromatic N) is 3. The van der Waals surface area contributed by atoms with Gasteiger partial charge in [0.25, 0.3) is 0 Å². The summed E-state index contributed by atoms with van der Waals surface area (Å²) in [6, 6.07) is 17.7. The molecule has 2 heterocycles. The van der Waals surface area contributed by atoms with E-state index in [9.17, 15) is 9.59 Å². The maximum atomic E-state index is 13.0. The fourth-order valence-corrected chi connectivity index (χ4v) is 4.59. The Hall–Kier alpha value is -3.26. The minimum absolute atomic E-state index is 0.0101. The number of thioether (sulfide) groups is 1. The van der Waals surface area contributed by atoms with E-state index in [1.54, 1.807) is 24.2 Å². The summed E-state index contributed by atoms with van der Waals surface area (Å²) < 4.78 is 6.90. The number of rotatable bonds is 8. The number of aromatic nitrogens is 2. The molecule has 7 nitrogen and oxygen atoms in total. The van der Waals surface area contributed by atoms with Gasteiger partial charge in [-0.2, -0.15) is 5.10 Å². The molecule has 0 radical (unpaired) electrons. The number of likely N-dealkylation sites (tertiary alicyclic amines) is 1. The molecule has 4 rings (SSSR count). The van der Waals surface area contributed by atoms with Crippen LogP contribution in [-0.2, 0) is 16.1 Å². The van der Waals surface area contributed by atoms with E-state index in [0.717, 1.165) is 35.6 Å². The fourth-order valence-electron chi connectivity index (χ4n) is 3.87. The van der Waals surface area contributed by atoms with Crippen LogP contribution in [0.15, 0.2) is 71.9 Å². The Balaban J connectivity index is 1.32. The average Bonchev–Trinajstić information content (AvgIpc) is 3.48. The predicted molar refractivity (Wildman–Crippen MR) is 125 cm³/mol. The van der Waals surface area contributed by atoms with E-state index in [-0.39, 0.29) is 24.4 Å². The van der Waals surface area contributed by atoms with Gasteiger partial charge in [0.1, 0.15) is 12.3 Å². The van der Waals surface area contributed by atoms with Crippen LogP contribution >= 0.6 is 11.8 Å². The summed E-state index contributed by atoms with van der Waals surface area (Å²) in [5.74, 6) is 1.00. The third kappa shape index (κ3) is 5.50. The Bertz CT molecular complexity index is 1070. The van der Waals surface area contributed by atoms with Crippen molar-refractivity contribution in [1.29, 1.82) is 0 Å². The molecule has 1 fully saturated rings. The molecule has 1 N–H and O–H groups in total. The predicted octanol–water partition coefficient (Wildman–Crippen LogP) is 3.99. The Labute approximate surface area is 191 Å². The van der Waals surface area contributed by atoms with E-state index in [1.807, 2.05) is 59.5 Å². The third-order valence-corrected chi connectivity index (χ3v) is 6.39. The lowest BCUT2D eigenvalue weighted by atomic mass is 10.0. The van der Waals surface area contributed by atoms with Crippen LogP contribution in [0.25, 0.3) is 0 Å². The van der Waals surface area contributed by atoms with Crippen LogP contribution in [0.5, 0.6) is 5.75 Å². The van der Waals surface area contributed by atoms with Crippen molar-refractivity contribution in [1.82, 2.24) is 14.7 Å². The highest BCUT2D eigenvalue weighted by atomic mass is 32.2. The Morgan fingerprint density at radius 3 is 2.84 bits per heavy atom. The zero-order valence-electron chi connectivity index (χ0n) is 17.9. The van der Waals surface area contributed by atoms with Gasteiger partial charge < -0.3 is 15.0 Å². The number of carbonyl (C=O) groups is 2. The van der Waals surface area contributed by atoms with Gasteiger partial charge in [-0.25, -0.2) is 0 Å². The van der Waals surface area contributed by atoms with Crippen LogP contribution in [0, 0.1) is 0 Å². The standard InChI is InChI=1S/C24H26N4O3S/c1-31-20-8-5-7-18(13-20)22-11-6-12-28(22)24(30)16-27-15-19(14-25-27)26-23(29)17-32-21-9-3-2-4-10-21/h2-5,7-10,13-15,22H,6,11-12,16-17H2,1H3,(H,26,29)/t22-/m0/s1. The molecule has 8 heteroatoms. The summed E-state index contributed by atoms with van der Waals surface area (Å²) in [5.41, 5.74) is 1.67. The van der Waals surface area contributed by atoms with Crippen molar-refractivity contribution < 1.29 is 14.3 Å². The Morgan fingerprint density at radius 1 is 1.19 bits per heavy atom. The number of benzene rings is 2. The minimum Gasteiger partial charge on any atom is -0.497 e. The van der Waals surface area contributed by atoms with Crippen LogP contribution in [0.1, 0.15) is 24.4 Å². The Kier molecular flexibility index (Phi) is 7.11. The first kappa shape index (κ1) is 22.0. The first-order valence-corrected chi connectivity index (χ1v) is 11.5. The highest BCUT2D eigenvalue weighted by Crippen LogP contribution is 2.33. The molecule has 3 aromatic rings. The SMILES string of the molecule is COc1cccc([C@@H]2CCCN2C(=O)Cn2cc(NC(=O)CSc3ccccc3)cn2)c1. The lowest BCUT2D eigenvalue weighted by Gasteiger charge is -2.25. The number of amides is 2. The largest absolute Gasteiger partial charge is 0.497 e. The maximum absolute atomic E-state index is 13.0. The monoisotopic (exact) mass is 450 g/mol. The highest BCUT2D eigenvalue weighted by Gasteiger charge is 2.30. The van der Waals surface area contributed by atoms with Gasteiger partial charge in [-0.3, -0.25) is 14.3 Å². The van der Waals surface area contributed by atoms with Gasteiger partial charge in [-0.05, 0) is 42.7 Å². The summed E-state index contributed by atoms with van der Waals surface area (Å²) in [7, 11) is 1.64. The number of ether oxygens (including phenoxy) is 1. The lowest BCUT2D eigenvalue weighted by Crippen LogP contribution is -2.33. The molecule has 1 aliphatic heterocycles. The van der Waals surface area contributed by atoms with Crippen molar-refractivity contribution >= 4 is 29.3 Å². The lowest BCUT2D eigenvalue weighted by molar-refractivity contribution is -0.133. The number of anilines is 1. The first-order valence-electron chi connectivity index (χ1n) is 10.6. The molecule has 1 atom stereocenters. The topological polar surface area (TPSA) is 76.5 Å². The highest BCUT2D eigenvalue weighted by molar-refractivity contribution is 8.00. The fraction of sp³-hybridized carbons (Fsp3) is 0.292. The van der Waals surface area contributed by atoms with E-state index < -0.39 is 0 Å². The van der Waals surface area contributed by atoms with Gasteiger partial charge in [-0.1, -0.05) is 30.3 Å². The van der Waals surface area contributed by atoms with Crippen LogP contribution in [0.4, 0.5) is 5.69 Å². The van der Waals surface area contributed by atoms with E-state index in [4.69, 9.17) is 4.74 Å². The molecule has 0 unspecified atom stereocenters. The average molecular weight is 451 g/mol. The van der Waals surface area contributed by atoms with E-state index in [2.05, 4.69) is 10.4 Å². The normalized spacial score (nSPS) is 15.5. The van der Waals surface area contributed by atoms with Gasteiger partial charge >= 0.3 is 0 Å². The molecule has 0 spiro atoms. The smallest absolute Gasteiger partial charge is 0.244 e. The molecule has 0 aliphatic carbocycles. The van der Waals surface area contributed by atoms with Crippen molar-refractivity contribution in [2.24, 2.45) is 0 Å². The number of hydrogen-bond acceptors (Lipinski definition) is 5. The molecule has 32 heavy (non-hydrogen) atoms. The number of methoxy groups -OCH3 is 1. The van der Waals surface area contributed by atoms with Gasteiger partial charge in [-0.15, -0.1) is 11.8 Å². The third-order valence-electron chi connectivity index (χ3n) is 5.38. The van der Waals surface area contributed by atoms with E-state index in [1.165, 1.54) is 11.8 Å². The van der Waals surface area contributed by atoms with Crippen molar-refractivity contribution in [3.63, 3.8) is 0 Å². The first-order chi connectivity index (χ1) is 15.6. The summed E-state index contributed by atoms with van der Waals surface area (Å²) >= 11 is 1.47. The second-order valence-electron chi connectivity index (χ2n) is 7.60. The zero-order valence-corrected chi connectivity index (χ0v) is 18.8. The molecule has 1 aliphatic rings. The van der Waals surface area contributed by atoms with Crippen LogP contribution in [0.3, 0.4) is 0 Å². The summed E-state index contributed by atoms with van der Waals surface area (Å²) in [6.07, 6.45) is 5.16. The molecule has 2 amide bonds. The molecule has 1 saturated heterocycles. The number of hydrogen-bond donors (Lipinski definition) is 1. The Morgan fingerprint density at radius 2 is 2.03 bits per heavy atom. The molecular formula is C24H26N4O3S. The van der Waals surface area contributed by atoms with E-state index in [0.29, 0.717) is 11.4 Å². The van der Waals surface area contributed by atoms with Crippen molar-refractivity contribution in [3.8, 4) is 5.75 Å². The van der Waals surface area contributed by atoms with Crippen molar-refractivity contribution in [2.75, 3.05) is 24.7 Å². The van der Waals surface area contributed by atoms with Crippen LogP contribution in [-0.4, -0.2) is 45.9 Å². The van der Waals surface area contributed by atoms with Gasteiger partial charge in [0.2, 0.25) is 11.8 Å². The second-order valence-corrected chi connectivity index (χ2v) is 8.65. The van der Waals surface area contributed by atoms with E-state index >= 15 is 0 Å². The summed E-state index contributed by atoms with van der Waals surface area (Å²) in [6.45, 7) is 0.859. The molecule has 166 valence electrons. The molecular weight excluding hydrogens is 424 g/mol. The molecule has 0 bridgehead atoms. The number of nitrogens with one attached hydrogen (secondary N) is 1. The van der Waals surface area contributed by atoms with Crippen LogP contribution in [0.2, 0.25) is 0 Å². The zero-order chi connectivity index (χ0) is 22.3. The molecule has 2 aromatic carbocycles.